The summed E-state index contributed by atoms with van der Waals surface area (Å²) in [6, 6.07) is 18.4. The lowest BCUT2D eigenvalue weighted by Gasteiger charge is -2.26. The van der Waals surface area contributed by atoms with Gasteiger partial charge in [0.05, 0.1) is 6.54 Å². The number of benzene rings is 2. The quantitative estimate of drug-likeness (QED) is 0.534. The molecule has 140 valence electrons. The summed E-state index contributed by atoms with van der Waals surface area (Å²) in [4.78, 5) is 2.49. The van der Waals surface area contributed by atoms with E-state index in [4.69, 9.17) is 11.6 Å². The van der Waals surface area contributed by atoms with Crippen molar-refractivity contribution in [3.63, 3.8) is 0 Å². The number of thioether (sulfide) groups is 1. The number of piperidine rings is 1. The van der Waals surface area contributed by atoms with Crippen LogP contribution in [0.4, 0.5) is 0 Å². The van der Waals surface area contributed by atoms with Crippen LogP contribution in [0.2, 0.25) is 5.02 Å². The highest BCUT2D eigenvalue weighted by Gasteiger charge is 2.18. The molecule has 0 bridgehead atoms. The maximum absolute atomic E-state index is 5.99. The van der Waals surface area contributed by atoms with Gasteiger partial charge in [0.1, 0.15) is 0 Å². The molecule has 1 aliphatic rings. The average molecular weight is 399 g/mol. The Kier molecular flexibility index (Phi) is 6.12. The maximum Gasteiger partial charge on any atom is 0.196 e. The summed E-state index contributed by atoms with van der Waals surface area (Å²) in [5, 5.41) is 10.8. The van der Waals surface area contributed by atoms with Crippen LogP contribution < -0.4 is 0 Å². The predicted octanol–water partition coefficient (Wildman–Crippen LogP) is 5.20. The first kappa shape index (κ1) is 18.5. The number of para-hydroxylation sites is 1. The van der Waals surface area contributed by atoms with Crippen molar-refractivity contribution in [2.75, 3.05) is 13.1 Å². The van der Waals surface area contributed by atoms with E-state index in [1.165, 1.54) is 24.8 Å². The van der Waals surface area contributed by atoms with E-state index in [1.807, 2.05) is 18.2 Å². The molecule has 2 heterocycles. The molecule has 4 nitrogen and oxygen atoms in total. The van der Waals surface area contributed by atoms with Crippen molar-refractivity contribution in [1.82, 2.24) is 19.7 Å². The van der Waals surface area contributed by atoms with Gasteiger partial charge in [0.25, 0.3) is 0 Å². The molecule has 0 saturated carbocycles. The molecule has 0 aliphatic carbocycles. The highest BCUT2D eigenvalue weighted by Crippen LogP contribution is 2.26. The summed E-state index contributed by atoms with van der Waals surface area (Å²) < 4.78 is 2.20. The number of hydrogen-bond acceptors (Lipinski definition) is 4. The van der Waals surface area contributed by atoms with Crippen LogP contribution in [0.5, 0.6) is 0 Å². The summed E-state index contributed by atoms with van der Waals surface area (Å²) >= 11 is 7.70. The predicted molar refractivity (Wildman–Crippen MR) is 112 cm³/mol. The molecule has 0 unspecified atom stereocenters. The van der Waals surface area contributed by atoms with Crippen LogP contribution in [0.25, 0.3) is 5.69 Å². The topological polar surface area (TPSA) is 34.0 Å². The summed E-state index contributed by atoms with van der Waals surface area (Å²) in [5.41, 5.74) is 2.35. The van der Waals surface area contributed by atoms with Crippen molar-refractivity contribution < 1.29 is 0 Å². The molecule has 0 spiro atoms. The molecule has 1 aliphatic heterocycles. The van der Waals surface area contributed by atoms with Gasteiger partial charge in [0.2, 0.25) is 0 Å². The van der Waals surface area contributed by atoms with E-state index in [0.717, 1.165) is 47.1 Å². The number of hydrogen-bond donors (Lipinski definition) is 0. The first-order valence-corrected chi connectivity index (χ1v) is 10.8. The molecule has 6 heteroatoms. The number of nitrogens with zero attached hydrogens (tertiary/aromatic N) is 4. The minimum absolute atomic E-state index is 0.764. The molecule has 27 heavy (non-hydrogen) atoms. The zero-order chi connectivity index (χ0) is 18.5. The fourth-order valence-corrected chi connectivity index (χ4v) is 4.43. The molecule has 0 amide bonds. The van der Waals surface area contributed by atoms with Gasteiger partial charge in [0.15, 0.2) is 11.0 Å². The number of rotatable bonds is 6. The molecule has 1 fully saturated rings. The van der Waals surface area contributed by atoms with Gasteiger partial charge in [-0.1, -0.05) is 60.1 Å². The van der Waals surface area contributed by atoms with Crippen LogP contribution in [0.1, 0.15) is 30.7 Å². The van der Waals surface area contributed by atoms with Gasteiger partial charge in [-0.2, -0.15) is 0 Å². The molecule has 2 aromatic carbocycles. The average Bonchev–Trinajstić information content (AvgIpc) is 3.11. The molecule has 0 atom stereocenters. The molecule has 3 aromatic rings. The Labute approximate surface area is 169 Å². The van der Waals surface area contributed by atoms with Gasteiger partial charge >= 0.3 is 0 Å². The zero-order valence-corrected chi connectivity index (χ0v) is 16.8. The Morgan fingerprint density at radius 3 is 2.37 bits per heavy atom. The third-order valence-electron chi connectivity index (χ3n) is 4.81. The second-order valence-electron chi connectivity index (χ2n) is 6.82. The number of likely N-dealkylation sites (tertiary alicyclic amines) is 1. The second kappa shape index (κ2) is 8.91. The van der Waals surface area contributed by atoms with Crippen LogP contribution in [0.15, 0.2) is 59.8 Å². The third kappa shape index (κ3) is 4.72. The van der Waals surface area contributed by atoms with E-state index in [-0.39, 0.29) is 0 Å². The normalized spacial score (nSPS) is 15.1. The Morgan fingerprint density at radius 1 is 0.889 bits per heavy atom. The van der Waals surface area contributed by atoms with Gasteiger partial charge in [-0.25, -0.2) is 0 Å². The lowest BCUT2D eigenvalue weighted by Crippen LogP contribution is -2.30. The van der Waals surface area contributed by atoms with E-state index in [1.54, 1.807) is 11.8 Å². The van der Waals surface area contributed by atoms with Crippen molar-refractivity contribution in [1.29, 1.82) is 0 Å². The Hall–Kier alpha value is -1.82. The molecular formula is C21H23ClN4S. The minimum atomic E-state index is 0.764. The Balaban J connectivity index is 1.57. The number of aromatic nitrogens is 3. The lowest BCUT2D eigenvalue weighted by atomic mass is 10.1. The van der Waals surface area contributed by atoms with Crippen LogP contribution in [0.3, 0.4) is 0 Å². The van der Waals surface area contributed by atoms with Gasteiger partial charge in [-0.15, -0.1) is 10.2 Å². The Morgan fingerprint density at radius 2 is 1.63 bits per heavy atom. The SMILES string of the molecule is Clc1ccc(CSc2nnc(CN3CCCCC3)n2-c2ccccc2)cc1. The van der Waals surface area contributed by atoms with Crippen LogP contribution >= 0.6 is 23.4 Å². The highest BCUT2D eigenvalue weighted by atomic mass is 35.5. The van der Waals surface area contributed by atoms with Gasteiger partial charge < -0.3 is 0 Å². The summed E-state index contributed by atoms with van der Waals surface area (Å²) in [5.74, 6) is 1.85. The van der Waals surface area contributed by atoms with E-state index >= 15 is 0 Å². The molecule has 0 N–H and O–H groups in total. The fourth-order valence-electron chi connectivity index (χ4n) is 3.38. The van der Waals surface area contributed by atoms with Gasteiger partial charge in [-0.3, -0.25) is 9.47 Å². The second-order valence-corrected chi connectivity index (χ2v) is 8.20. The van der Waals surface area contributed by atoms with Crippen molar-refractivity contribution in [2.24, 2.45) is 0 Å². The Bertz CT molecular complexity index is 858. The minimum Gasteiger partial charge on any atom is -0.296 e. The molecule has 1 saturated heterocycles. The van der Waals surface area contributed by atoms with E-state index < -0.39 is 0 Å². The van der Waals surface area contributed by atoms with Crippen molar-refractivity contribution in [3.05, 3.63) is 71.0 Å². The van der Waals surface area contributed by atoms with Gasteiger partial charge in [0, 0.05) is 16.5 Å². The first-order valence-electron chi connectivity index (χ1n) is 9.39. The van der Waals surface area contributed by atoms with E-state index in [2.05, 4.69) is 56.1 Å². The molecule has 1 aromatic heterocycles. The number of halogens is 1. The monoisotopic (exact) mass is 398 g/mol. The molecule has 0 radical (unpaired) electrons. The maximum atomic E-state index is 5.99. The highest BCUT2D eigenvalue weighted by molar-refractivity contribution is 7.98. The first-order chi connectivity index (χ1) is 13.3. The lowest BCUT2D eigenvalue weighted by molar-refractivity contribution is 0.214. The van der Waals surface area contributed by atoms with E-state index in [9.17, 15) is 0 Å². The summed E-state index contributed by atoms with van der Waals surface area (Å²) in [6.07, 6.45) is 3.89. The van der Waals surface area contributed by atoms with Gasteiger partial charge in [-0.05, 0) is 55.8 Å². The smallest absolute Gasteiger partial charge is 0.196 e. The van der Waals surface area contributed by atoms with E-state index in [0.29, 0.717) is 0 Å². The van der Waals surface area contributed by atoms with Crippen LogP contribution in [-0.2, 0) is 12.3 Å². The van der Waals surface area contributed by atoms with Crippen LogP contribution in [0, 0.1) is 0 Å². The standard InChI is InChI=1S/C21H23ClN4S/c22-18-11-9-17(10-12-18)16-27-21-24-23-20(15-25-13-5-2-6-14-25)26(21)19-7-3-1-4-8-19/h1,3-4,7-12H,2,5-6,13-16H2. The molecule has 4 rings (SSSR count). The van der Waals surface area contributed by atoms with Crippen molar-refractivity contribution in [3.8, 4) is 5.69 Å². The fraction of sp³-hybridized carbons (Fsp3) is 0.333. The third-order valence-corrected chi connectivity index (χ3v) is 6.06. The van der Waals surface area contributed by atoms with Crippen molar-refractivity contribution >= 4 is 23.4 Å². The van der Waals surface area contributed by atoms with Crippen LogP contribution in [-0.4, -0.2) is 32.8 Å². The largest absolute Gasteiger partial charge is 0.296 e. The summed E-state index contributed by atoms with van der Waals surface area (Å²) in [6.45, 7) is 3.15. The molecular weight excluding hydrogens is 376 g/mol. The zero-order valence-electron chi connectivity index (χ0n) is 15.2. The summed E-state index contributed by atoms with van der Waals surface area (Å²) in [7, 11) is 0. The van der Waals surface area contributed by atoms with Crippen molar-refractivity contribution in [2.45, 2.75) is 36.7 Å².